The van der Waals surface area contributed by atoms with Crippen molar-refractivity contribution in [3.05, 3.63) is 96.7 Å². The summed E-state index contributed by atoms with van der Waals surface area (Å²) >= 11 is 0. The maximum atomic E-state index is 13.7. The van der Waals surface area contributed by atoms with E-state index in [1.54, 1.807) is 13.0 Å². The van der Waals surface area contributed by atoms with Crippen molar-refractivity contribution in [2.45, 2.75) is 25.8 Å². The lowest BCUT2D eigenvalue weighted by atomic mass is 10.0. The highest BCUT2D eigenvalue weighted by atomic mass is 16.8. The smallest absolute Gasteiger partial charge is 0.481 e. The second-order valence-electron chi connectivity index (χ2n) is 10.8. The minimum absolute atomic E-state index is 0.0294. The van der Waals surface area contributed by atoms with Crippen LogP contribution in [0.5, 0.6) is 0 Å². The Bertz CT molecular complexity index is 1690. The monoisotopic (exact) mass is 637 g/mol. The maximum absolute atomic E-state index is 13.7. The number of piperazine rings is 1. The van der Waals surface area contributed by atoms with E-state index in [0.29, 0.717) is 17.1 Å². The van der Waals surface area contributed by atoms with Crippen molar-refractivity contribution < 1.29 is 33.9 Å². The molecule has 5 rings (SSSR count). The van der Waals surface area contributed by atoms with Gasteiger partial charge in [0.1, 0.15) is 11.7 Å². The number of carboxylic acid groups (broad SMARTS) is 1. The van der Waals surface area contributed by atoms with E-state index in [1.807, 2.05) is 84.9 Å². The average molecular weight is 638 g/mol. The molecule has 0 unspecified atom stereocenters. The van der Waals surface area contributed by atoms with Crippen molar-refractivity contribution in [3.8, 4) is 33.8 Å². The number of carbonyl (C=O) groups is 4. The van der Waals surface area contributed by atoms with Gasteiger partial charge < -0.3 is 24.9 Å². The lowest BCUT2D eigenvalue weighted by Gasteiger charge is -2.35. The normalized spacial score (nSPS) is 13.8. The summed E-state index contributed by atoms with van der Waals surface area (Å²) in [7, 11) is 0. The summed E-state index contributed by atoms with van der Waals surface area (Å²) in [6.07, 6.45) is -1.28. The van der Waals surface area contributed by atoms with E-state index in [-0.39, 0.29) is 51.3 Å². The molecular formula is C35H35N5O7. The Balaban J connectivity index is 1.38. The molecule has 1 aromatic heterocycles. The Morgan fingerprint density at radius 1 is 0.809 bits per heavy atom. The molecule has 12 heteroatoms. The molecule has 0 bridgehead atoms. The van der Waals surface area contributed by atoms with Crippen LogP contribution in [-0.4, -0.2) is 87.8 Å². The topological polar surface area (TPSA) is 151 Å². The molecule has 1 aliphatic heterocycles. The molecule has 3 aromatic carbocycles. The highest BCUT2D eigenvalue weighted by molar-refractivity contribution is 5.97. The predicted molar refractivity (Wildman–Crippen MR) is 173 cm³/mol. The summed E-state index contributed by atoms with van der Waals surface area (Å²) < 4.78 is 4.80. The minimum Gasteiger partial charge on any atom is -0.481 e. The Labute approximate surface area is 271 Å². The minimum atomic E-state index is -1.13. The number of nitrogens with zero attached hydrogens (tertiary/aromatic N) is 4. The second-order valence-corrected chi connectivity index (χ2v) is 10.8. The van der Waals surface area contributed by atoms with Crippen LogP contribution in [-0.2, 0) is 19.2 Å². The molecule has 2 N–H and O–H groups in total. The van der Waals surface area contributed by atoms with Gasteiger partial charge in [-0.05, 0) is 30.5 Å². The van der Waals surface area contributed by atoms with Gasteiger partial charge in [0.25, 0.3) is 5.91 Å². The Morgan fingerprint density at radius 2 is 1.40 bits per heavy atom. The van der Waals surface area contributed by atoms with Gasteiger partial charge in [-0.15, -0.1) is 5.06 Å². The van der Waals surface area contributed by atoms with Gasteiger partial charge in [0.05, 0.1) is 25.4 Å². The van der Waals surface area contributed by atoms with Gasteiger partial charge in [0, 0.05) is 30.6 Å². The summed E-state index contributed by atoms with van der Waals surface area (Å²) in [5.41, 5.74) is 4.09. The SMILES string of the molecule is CCOC(=O)ON1CCN(C(=O)[C@H](CCC(=O)O)NC(=O)c2cc(-c3ccc(-c4ccccc4)cc3)nc(-c3ccccc3)n2)CC1. The Morgan fingerprint density at radius 3 is 2.02 bits per heavy atom. The first-order chi connectivity index (χ1) is 22.8. The molecule has 12 nitrogen and oxygen atoms in total. The largest absolute Gasteiger partial charge is 0.527 e. The molecule has 0 radical (unpaired) electrons. The highest BCUT2D eigenvalue weighted by Gasteiger charge is 2.31. The molecule has 0 aliphatic carbocycles. The second kappa shape index (κ2) is 15.6. The molecule has 0 spiro atoms. The number of benzene rings is 3. The van der Waals surface area contributed by atoms with Gasteiger partial charge in [-0.3, -0.25) is 14.4 Å². The summed E-state index contributed by atoms with van der Waals surface area (Å²) in [6.45, 7) is 2.69. The van der Waals surface area contributed by atoms with Crippen molar-refractivity contribution in [3.63, 3.8) is 0 Å². The molecule has 242 valence electrons. The van der Waals surface area contributed by atoms with E-state index in [0.717, 1.165) is 16.7 Å². The highest BCUT2D eigenvalue weighted by Crippen LogP contribution is 2.26. The molecule has 0 saturated carbocycles. The zero-order valence-electron chi connectivity index (χ0n) is 25.9. The van der Waals surface area contributed by atoms with Crippen molar-refractivity contribution in [1.29, 1.82) is 0 Å². The molecule has 2 heterocycles. The number of ether oxygens (including phenoxy) is 1. The van der Waals surface area contributed by atoms with Crippen LogP contribution >= 0.6 is 0 Å². The van der Waals surface area contributed by atoms with E-state index >= 15 is 0 Å². The summed E-state index contributed by atoms with van der Waals surface area (Å²) in [5, 5.41) is 13.5. The van der Waals surface area contributed by atoms with Crippen LogP contribution in [0.2, 0.25) is 0 Å². The van der Waals surface area contributed by atoms with Gasteiger partial charge in [0.2, 0.25) is 5.91 Å². The van der Waals surface area contributed by atoms with Gasteiger partial charge in [-0.25, -0.2) is 14.8 Å². The van der Waals surface area contributed by atoms with E-state index < -0.39 is 30.0 Å². The lowest BCUT2D eigenvalue weighted by molar-refractivity contribution is -0.157. The molecule has 1 saturated heterocycles. The number of hydrogen-bond acceptors (Lipinski definition) is 9. The Hall–Kier alpha value is -5.62. The Kier molecular flexibility index (Phi) is 10.9. The number of hydroxylamine groups is 2. The summed E-state index contributed by atoms with van der Waals surface area (Å²) in [6, 6.07) is 27.4. The number of amides is 2. The fourth-order valence-electron chi connectivity index (χ4n) is 5.12. The predicted octanol–water partition coefficient (Wildman–Crippen LogP) is 4.67. The average Bonchev–Trinajstić information content (AvgIpc) is 3.10. The van der Waals surface area contributed by atoms with Crippen LogP contribution in [0.15, 0.2) is 91.0 Å². The fourth-order valence-corrected chi connectivity index (χ4v) is 5.12. The third-order valence-electron chi connectivity index (χ3n) is 7.54. The van der Waals surface area contributed by atoms with E-state index in [2.05, 4.69) is 10.3 Å². The maximum Gasteiger partial charge on any atom is 0.527 e. The van der Waals surface area contributed by atoms with Crippen LogP contribution in [0, 0.1) is 0 Å². The van der Waals surface area contributed by atoms with Crippen LogP contribution < -0.4 is 5.32 Å². The number of aliphatic carboxylic acids is 1. The van der Waals surface area contributed by atoms with Gasteiger partial charge >= 0.3 is 12.1 Å². The van der Waals surface area contributed by atoms with Gasteiger partial charge in [0.15, 0.2) is 5.82 Å². The van der Waals surface area contributed by atoms with Crippen LogP contribution in [0.25, 0.3) is 33.8 Å². The van der Waals surface area contributed by atoms with Crippen molar-refractivity contribution in [2.75, 3.05) is 32.8 Å². The van der Waals surface area contributed by atoms with E-state index in [9.17, 15) is 24.3 Å². The summed E-state index contributed by atoms with van der Waals surface area (Å²) in [4.78, 5) is 66.3. The first kappa shape index (κ1) is 32.8. The first-order valence-corrected chi connectivity index (χ1v) is 15.3. The van der Waals surface area contributed by atoms with Crippen LogP contribution in [0.4, 0.5) is 4.79 Å². The molecule has 2 amide bonds. The third-order valence-corrected chi connectivity index (χ3v) is 7.54. The van der Waals surface area contributed by atoms with Crippen LogP contribution in [0.1, 0.15) is 30.3 Å². The van der Waals surface area contributed by atoms with Gasteiger partial charge in [-0.1, -0.05) is 84.9 Å². The molecule has 1 fully saturated rings. The third kappa shape index (κ3) is 8.76. The van der Waals surface area contributed by atoms with Crippen molar-refractivity contribution >= 4 is 23.9 Å². The number of aromatic nitrogens is 2. The number of carbonyl (C=O) groups excluding carboxylic acids is 3. The molecule has 47 heavy (non-hydrogen) atoms. The molecule has 1 aliphatic rings. The first-order valence-electron chi connectivity index (χ1n) is 15.3. The molecular weight excluding hydrogens is 602 g/mol. The number of nitrogens with one attached hydrogen (secondary N) is 1. The van der Waals surface area contributed by atoms with Crippen molar-refractivity contribution in [2.24, 2.45) is 0 Å². The van der Waals surface area contributed by atoms with Crippen LogP contribution in [0.3, 0.4) is 0 Å². The fraction of sp³-hybridized carbons (Fsp3) is 0.257. The van der Waals surface area contributed by atoms with Gasteiger partial charge in [-0.2, -0.15) is 0 Å². The van der Waals surface area contributed by atoms with E-state index in [4.69, 9.17) is 14.6 Å². The van der Waals surface area contributed by atoms with E-state index in [1.165, 1.54) is 9.96 Å². The lowest BCUT2D eigenvalue weighted by Crippen LogP contribution is -2.55. The number of carboxylic acids is 1. The standard InChI is InChI=1S/C35H35N5O7/c1-2-46-35(45)47-40-21-19-39(20-22-40)34(44)28(17-18-31(41)42)38-33(43)30-23-29(36-32(37-30)27-11-7-4-8-12-27)26-15-13-25(14-16-26)24-9-5-3-6-10-24/h3-16,23,28H,2,17-22H2,1H3,(H,38,43)(H,41,42)/t28-/m0/s1. The zero-order valence-corrected chi connectivity index (χ0v) is 25.9. The summed E-state index contributed by atoms with van der Waals surface area (Å²) in [5.74, 6) is -1.85. The molecule has 1 atom stereocenters. The zero-order chi connectivity index (χ0) is 33.2. The quantitative estimate of drug-likeness (QED) is 0.222. The number of hydrogen-bond donors (Lipinski definition) is 2. The van der Waals surface area contributed by atoms with Crippen molar-refractivity contribution in [1.82, 2.24) is 25.2 Å². The molecule has 4 aromatic rings. The number of rotatable bonds is 11.